The van der Waals surface area contributed by atoms with Crippen LogP contribution in [0.1, 0.15) is 0 Å². The Balaban J connectivity index is 2.19. The van der Waals surface area contributed by atoms with Crippen LogP contribution in [0.2, 0.25) is 0 Å². The average molecular weight is 301 g/mol. The molecule has 2 bridgehead atoms. The molecular weight excluding hydrogens is 290 g/mol. The van der Waals surface area contributed by atoms with Crippen LogP contribution < -0.4 is 0 Å². The van der Waals surface area contributed by atoms with E-state index in [-0.39, 0.29) is 6.61 Å². The third kappa shape index (κ3) is 1.18. The molecule has 3 saturated heterocycles. The summed E-state index contributed by atoms with van der Waals surface area (Å²) in [4.78, 5) is 0. The first kappa shape index (κ1) is 10.1. The summed E-state index contributed by atoms with van der Waals surface area (Å²) < 4.78 is 15.8. The predicted molar refractivity (Wildman–Crippen MR) is 40.3 cm³/mol. The quantitative estimate of drug-likeness (QED) is 0.507. The van der Waals surface area contributed by atoms with Gasteiger partial charge in [-0.1, -0.05) is 0 Å². The molecule has 0 radical (unpaired) electrons. The topological polar surface area (TPSA) is 88.4 Å². The Morgan fingerprint density at radius 3 is 2.00 bits per heavy atom. The molecule has 0 aromatic heterocycles. The van der Waals surface area contributed by atoms with Crippen molar-refractivity contribution in [2.75, 3.05) is 26.4 Å². The Bertz CT molecular complexity index is 186. The van der Waals surface area contributed by atoms with Gasteiger partial charge in [-0.3, -0.25) is 0 Å². The van der Waals surface area contributed by atoms with Crippen molar-refractivity contribution in [2.45, 2.75) is 5.79 Å². The fraction of sp³-hybridized carbons (Fsp3) is 1.00. The zero-order valence-corrected chi connectivity index (χ0v) is 9.39. The Labute approximate surface area is 83.7 Å². The van der Waals surface area contributed by atoms with Crippen LogP contribution in [0, 0.1) is 5.41 Å². The summed E-state index contributed by atoms with van der Waals surface area (Å²) in [6.45, 7) is -0.968. The van der Waals surface area contributed by atoms with E-state index in [0.717, 1.165) is 0 Å². The van der Waals surface area contributed by atoms with Crippen LogP contribution in [0.3, 0.4) is 0 Å². The van der Waals surface area contributed by atoms with E-state index in [9.17, 15) is 0 Å². The summed E-state index contributed by atoms with van der Waals surface area (Å²) in [7, 11) is 0. The summed E-state index contributed by atoms with van der Waals surface area (Å²) in [5.41, 5.74) is -1.15. The van der Waals surface area contributed by atoms with E-state index in [1.165, 1.54) is 0 Å². The number of aliphatic hydroxyl groups is 3. The van der Waals surface area contributed by atoms with Crippen LogP contribution in [-0.2, 0) is 9.05 Å². The molecule has 0 unspecified atom stereocenters. The Morgan fingerprint density at radius 1 is 1.15 bits per heavy atom. The summed E-state index contributed by atoms with van der Waals surface area (Å²) >= 11 is -2.35. The second kappa shape index (κ2) is 3.31. The second-order valence-corrected chi connectivity index (χ2v) is 6.24. The van der Waals surface area contributed by atoms with Crippen LogP contribution >= 0.6 is 0 Å². The first-order valence-electron chi connectivity index (χ1n) is 3.86. The molecule has 0 amide bonds. The van der Waals surface area contributed by atoms with Gasteiger partial charge in [-0.05, 0) is 0 Å². The molecule has 3 heterocycles. The van der Waals surface area contributed by atoms with E-state index >= 15 is 0 Å². The van der Waals surface area contributed by atoms with Gasteiger partial charge in [-0.2, -0.15) is 0 Å². The van der Waals surface area contributed by atoms with Crippen molar-refractivity contribution >= 4 is 21.5 Å². The fourth-order valence-corrected chi connectivity index (χ4v) is 5.26. The molecule has 0 aliphatic carbocycles. The molecule has 0 spiro atoms. The van der Waals surface area contributed by atoms with Gasteiger partial charge in [0.2, 0.25) is 0 Å². The van der Waals surface area contributed by atoms with Gasteiger partial charge in [0.25, 0.3) is 0 Å². The van der Waals surface area contributed by atoms with Crippen LogP contribution in [0.25, 0.3) is 0 Å². The number of rotatable bonds is 4. The predicted octanol–water partition coefficient (Wildman–Crippen LogP) is -2.29. The van der Waals surface area contributed by atoms with E-state index in [2.05, 4.69) is 0 Å². The van der Waals surface area contributed by atoms with Gasteiger partial charge in [0.05, 0.1) is 0 Å². The molecule has 7 heteroatoms. The summed E-state index contributed by atoms with van der Waals surface area (Å²) in [5, 5.41) is 27.3. The van der Waals surface area contributed by atoms with E-state index in [1.807, 2.05) is 0 Å². The normalized spacial score (nSPS) is 26.1. The molecule has 3 fully saturated rings. The van der Waals surface area contributed by atoms with E-state index in [4.69, 9.17) is 24.4 Å². The van der Waals surface area contributed by atoms with Gasteiger partial charge in [-0.15, -0.1) is 0 Å². The number of hydrogen-bond donors (Lipinski definition) is 3. The van der Waals surface area contributed by atoms with Crippen LogP contribution in [0.5, 0.6) is 0 Å². The minimum absolute atomic E-state index is 0.206. The van der Waals surface area contributed by atoms with Gasteiger partial charge in [0, 0.05) is 0 Å². The standard InChI is InChI=1S/C6H11O6.Sb/c7-1-5(2-8,3-9)6(11,12)4-10;/h7-9H,1-4H2;/q-3;+3. The third-order valence-electron chi connectivity index (χ3n) is 2.52. The number of aliphatic hydroxyl groups excluding tert-OH is 3. The molecule has 3 rings (SSSR count). The van der Waals surface area contributed by atoms with Crippen LogP contribution in [0.4, 0.5) is 0 Å². The Kier molecular flexibility index (Phi) is 2.57. The average Bonchev–Trinajstić information content (AvgIpc) is 2.67. The second-order valence-electron chi connectivity index (χ2n) is 3.19. The van der Waals surface area contributed by atoms with Gasteiger partial charge >= 0.3 is 83.5 Å². The molecule has 0 aromatic rings. The minimum atomic E-state index is -2.35. The van der Waals surface area contributed by atoms with Gasteiger partial charge in [0.15, 0.2) is 0 Å². The van der Waals surface area contributed by atoms with Crippen LogP contribution in [0.15, 0.2) is 0 Å². The van der Waals surface area contributed by atoms with E-state index in [0.29, 0.717) is 0 Å². The molecule has 0 saturated carbocycles. The first-order chi connectivity index (χ1) is 6.22. The van der Waals surface area contributed by atoms with Crippen molar-refractivity contribution in [1.82, 2.24) is 0 Å². The Hall–Kier alpha value is 0.578. The number of hydrogen-bond acceptors (Lipinski definition) is 6. The summed E-state index contributed by atoms with van der Waals surface area (Å²) in [5.74, 6) is -1.09. The van der Waals surface area contributed by atoms with Crippen molar-refractivity contribution in [2.24, 2.45) is 5.41 Å². The van der Waals surface area contributed by atoms with Gasteiger partial charge in [0.1, 0.15) is 0 Å². The molecule has 6 nitrogen and oxygen atoms in total. The van der Waals surface area contributed by atoms with E-state index < -0.39 is 52.5 Å². The van der Waals surface area contributed by atoms with E-state index in [1.54, 1.807) is 0 Å². The Morgan fingerprint density at radius 2 is 1.69 bits per heavy atom. The van der Waals surface area contributed by atoms with Gasteiger partial charge < -0.3 is 0 Å². The zero-order valence-electron chi connectivity index (χ0n) is 6.84. The summed E-state index contributed by atoms with van der Waals surface area (Å²) in [6.07, 6.45) is 0. The first-order valence-corrected chi connectivity index (χ1v) is 6.98. The number of fused-ring (bicyclic) bond motifs is 1. The SMILES string of the molecule is OCC(CO)(CO)C12C[O][Sb]([O]1)[O]2. The molecular formula is C6H11O6Sb. The van der Waals surface area contributed by atoms with Crippen LogP contribution in [-0.4, -0.2) is 69.0 Å². The van der Waals surface area contributed by atoms with Crippen molar-refractivity contribution in [1.29, 1.82) is 0 Å². The maximum absolute atomic E-state index is 9.11. The van der Waals surface area contributed by atoms with Gasteiger partial charge in [-0.25, -0.2) is 0 Å². The molecule has 76 valence electrons. The summed E-state index contributed by atoms with van der Waals surface area (Å²) in [6, 6.07) is 0. The van der Waals surface area contributed by atoms with Crippen molar-refractivity contribution in [3.05, 3.63) is 0 Å². The molecule has 3 aliphatic rings. The maximum atomic E-state index is 9.11. The molecule has 13 heavy (non-hydrogen) atoms. The third-order valence-corrected chi connectivity index (χ3v) is 6.02. The van der Waals surface area contributed by atoms with Crippen molar-refractivity contribution < 1.29 is 24.4 Å². The van der Waals surface area contributed by atoms with Crippen molar-refractivity contribution in [3.8, 4) is 0 Å². The van der Waals surface area contributed by atoms with Crippen molar-refractivity contribution in [3.63, 3.8) is 0 Å². The molecule has 3 aliphatic heterocycles. The fourth-order valence-electron chi connectivity index (χ4n) is 1.35. The monoisotopic (exact) mass is 300 g/mol. The zero-order chi connectivity index (χ0) is 9.53. The molecule has 0 atom stereocenters. The molecule has 0 aromatic carbocycles. The molecule has 3 N–H and O–H groups in total.